The lowest BCUT2D eigenvalue weighted by Crippen LogP contribution is -2.48. The fraction of sp³-hybridized carbons (Fsp3) is 0.400. The molecular formula is C20H22F3N5S. The van der Waals surface area contributed by atoms with Crippen molar-refractivity contribution in [3.05, 3.63) is 58.9 Å². The molecule has 4 rings (SSSR count). The molecule has 2 aromatic heterocycles. The number of guanidine groups is 1. The molecule has 0 saturated heterocycles. The van der Waals surface area contributed by atoms with E-state index in [1.54, 1.807) is 24.5 Å². The van der Waals surface area contributed by atoms with Gasteiger partial charge in [-0.05, 0) is 24.5 Å². The van der Waals surface area contributed by atoms with Gasteiger partial charge in [-0.25, -0.2) is 4.98 Å². The van der Waals surface area contributed by atoms with Crippen LogP contribution in [0.1, 0.15) is 36.1 Å². The Kier molecular flexibility index (Phi) is 5.24. The molecule has 2 heterocycles. The first-order valence-electron chi connectivity index (χ1n) is 9.43. The molecule has 5 nitrogen and oxygen atoms in total. The van der Waals surface area contributed by atoms with Crippen molar-refractivity contribution in [1.29, 1.82) is 0 Å². The number of aromatic nitrogens is 2. The minimum Gasteiger partial charge on any atom is -0.356 e. The van der Waals surface area contributed by atoms with Gasteiger partial charge in [-0.3, -0.25) is 9.39 Å². The number of alkyl halides is 3. The summed E-state index contributed by atoms with van der Waals surface area (Å²) < 4.78 is 41.3. The van der Waals surface area contributed by atoms with Crippen molar-refractivity contribution >= 4 is 22.3 Å². The average molecular weight is 421 g/mol. The summed E-state index contributed by atoms with van der Waals surface area (Å²) in [6, 6.07) is 5.70. The first kappa shape index (κ1) is 19.8. The maximum Gasteiger partial charge on any atom is 0.416 e. The highest BCUT2D eigenvalue weighted by atomic mass is 32.1. The molecule has 0 aliphatic heterocycles. The molecule has 0 amide bonds. The van der Waals surface area contributed by atoms with Gasteiger partial charge in [0.25, 0.3) is 0 Å². The van der Waals surface area contributed by atoms with Gasteiger partial charge < -0.3 is 10.6 Å². The predicted molar refractivity (Wildman–Crippen MR) is 108 cm³/mol. The third-order valence-corrected chi connectivity index (χ3v) is 6.28. The number of halogens is 3. The van der Waals surface area contributed by atoms with Gasteiger partial charge in [0.05, 0.1) is 17.8 Å². The van der Waals surface area contributed by atoms with Crippen LogP contribution in [0.5, 0.6) is 0 Å². The number of fused-ring (bicyclic) bond motifs is 1. The van der Waals surface area contributed by atoms with E-state index >= 15 is 0 Å². The van der Waals surface area contributed by atoms with E-state index in [-0.39, 0.29) is 5.41 Å². The Morgan fingerprint density at radius 1 is 1.31 bits per heavy atom. The van der Waals surface area contributed by atoms with Crippen LogP contribution < -0.4 is 10.6 Å². The van der Waals surface area contributed by atoms with E-state index < -0.39 is 11.7 Å². The van der Waals surface area contributed by atoms with Crippen LogP contribution in [-0.2, 0) is 18.1 Å². The van der Waals surface area contributed by atoms with Crippen LogP contribution in [0.4, 0.5) is 13.2 Å². The Morgan fingerprint density at radius 2 is 2.14 bits per heavy atom. The van der Waals surface area contributed by atoms with Gasteiger partial charge in [0.15, 0.2) is 10.9 Å². The van der Waals surface area contributed by atoms with E-state index in [2.05, 4.69) is 20.6 Å². The molecule has 3 aromatic rings. The molecule has 1 aliphatic rings. The Bertz CT molecular complexity index is 988. The molecule has 1 aliphatic carbocycles. The number of benzene rings is 1. The van der Waals surface area contributed by atoms with E-state index in [4.69, 9.17) is 0 Å². The SMILES string of the molecule is CN=C(NCc1cn2ccsc2n1)NCC1(c2cccc(C(F)(F)F)c2)CCC1. The summed E-state index contributed by atoms with van der Waals surface area (Å²) in [5.41, 5.74) is 0.742. The molecule has 0 atom stereocenters. The summed E-state index contributed by atoms with van der Waals surface area (Å²) in [6.07, 6.45) is 2.31. The number of imidazole rings is 1. The summed E-state index contributed by atoms with van der Waals surface area (Å²) in [5, 5.41) is 8.50. The topological polar surface area (TPSA) is 53.7 Å². The van der Waals surface area contributed by atoms with Crippen LogP contribution >= 0.6 is 11.3 Å². The molecule has 0 spiro atoms. The van der Waals surface area contributed by atoms with E-state index in [0.717, 1.165) is 41.5 Å². The molecule has 1 aromatic carbocycles. The van der Waals surface area contributed by atoms with Crippen molar-refractivity contribution in [2.45, 2.75) is 37.4 Å². The maximum atomic E-state index is 13.1. The summed E-state index contributed by atoms with van der Waals surface area (Å²) in [5.74, 6) is 0.611. The number of rotatable bonds is 5. The summed E-state index contributed by atoms with van der Waals surface area (Å²) >= 11 is 1.57. The molecular weight excluding hydrogens is 399 g/mol. The first-order chi connectivity index (χ1) is 13.9. The number of hydrogen-bond acceptors (Lipinski definition) is 3. The van der Waals surface area contributed by atoms with Gasteiger partial charge in [0.2, 0.25) is 0 Å². The van der Waals surface area contributed by atoms with Gasteiger partial charge in [0.1, 0.15) is 0 Å². The van der Waals surface area contributed by atoms with Gasteiger partial charge >= 0.3 is 6.18 Å². The molecule has 154 valence electrons. The fourth-order valence-electron chi connectivity index (χ4n) is 3.71. The van der Waals surface area contributed by atoms with E-state index in [1.165, 1.54) is 12.1 Å². The zero-order chi connectivity index (χ0) is 20.5. The Morgan fingerprint density at radius 3 is 2.79 bits per heavy atom. The second-order valence-corrected chi connectivity index (χ2v) is 8.19. The highest BCUT2D eigenvalue weighted by molar-refractivity contribution is 7.15. The number of aliphatic imine (C=N–C) groups is 1. The van der Waals surface area contributed by atoms with Crippen molar-refractivity contribution in [3.8, 4) is 0 Å². The average Bonchev–Trinajstić information content (AvgIpc) is 3.24. The lowest BCUT2D eigenvalue weighted by molar-refractivity contribution is -0.137. The number of hydrogen-bond donors (Lipinski definition) is 2. The van der Waals surface area contributed by atoms with Crippen LogP contribution in [0.2, 0.25) is 0 Å². The van der Waals surface area contributed by atoms with Crippen molar-refractivity contribution in [2.24, 2.45) is 4.99 Å². The molecule has 29 heavy (non-hydrogen) atoms. The Labute approximate surface area is 170 Å². The maximum absolute atomic E-state index is 13.1. The molecule has 1 saturated carbocycles. The number of thiazole rings is 1. The predicted octanol–water partition coefficient (Wildman–Crippen LogP) is 4.20. The normalized spacial score (nSPS) is 16.6. The molecule has 1 fully saturated rings. The van der Waals surface area contributed by atoms with Crippen LogP contribution in [0.25, 0.3) is 4.96 Å². The van der Waals surface area contributed by atoms with Crippen LogP contribution in [0, 0.1) is 0 Å². The van der Waals surface area contributed by atoms with Gasteiger partial charge in [-0.1, -0.05) is 24.6 Å². The van der Waals surface area contributed by atoms with Gasteiger partial charge in [0, 0.05) is 36.8 Å². The Balaban J connectivity index is 1.41. The summed E-state index contributed by atoms with van der Waals surface area (Å²) in [7, 11) is 1.68. The minimum atomic E-state index is -4.33. The first-order valence-corrected chi connectivity index (χ1v) is 10.3. The van der Waals surface area contributed by atoms with Crippen molar-refractivity contribution in [3.63, 3.8) is 0 Å². The van der Waals surface area contributed by atoms with E-state index in [9.17, 15) is 13.2 Å². The van der Waals surface area contributed by atoms with Gasteiger partial charge in [-0.15, -0.1) is 11.3 Å². The summed E-state index contributed by atoms with van der Waals surface area (Å²) in [6.45, 7) is 1.05. The van der Waals surface area contributed by atoms with Crippen molar-refractivity contribution in [1.82, 2.24) is 20.0 Å². The second kappa shape index (κ2) is 7.70. The van der Waals surface area contributed by atoms with Crippen molar-refractivity contribution < 1.29 is 13.2 Å². The fourth-order valence-corrected chi connectivity index (χ4v) is 4.42. The molecule has 0 radical (unpaired) electrons. The number of nitrogens with one attached hydrogen (secondary N) is 2. The second-order valence-electron chi connectivity index (χ2n) is 7.32. The third-order valence-electron chi connectivity index (χ3n) is 5.51. The monoisotopic (exact) mass is 421 g/mol. The smallest absolute Gasteiger partial charge is 0.356 e. The molecule has 9 heteroatoms. The van der Waals surface area contributed by atoms with Crippen LogP contribution in [-0.4, -0.2) is 28.9 Å². The quantitative estimate of drug-likeness (QED) is 0.480. The zero-order valence-electron chi connectivity index (χ0n) is 16.0. The summed E-state index contributed by atoms with van der Waals surface area (Å²) in [4.78, 5) is 9.70. The zero-order valence-corrected chi connectivity index (χ0v) is 16.8. The standard InChI is InChI=1S/C20H22F3N5S/c1-24-17(25-11-16-12-28-8-9-29-18(28)27-16)26-13-19(6-3-7-19)14-4-2-5-15(10-14)20(21,22)23/h2,4-5,8-10,12H,3,6-7,11,13H2,1H3,(H2,24,25,26). The highest BCUT2D eigenvalue weighted by Gasteiger charge is 2.40. The van der Waals surface area contributed by atoms with Gasteiger partial charge in [-0.2, -0.15) is 13.2 Å². The highest BCUT2D eigenvalue weighted by Crippen LogP contribution is 2.44. The van der Waals surface area contributed by atoms with Crippen LogP contribution in [0.15, 0.2) is 47.0 Å². The van der Waals surface area contributed by atoms with Crippen molar-refractivity contribution in [2.75, 3.05) is 13.6 Å². The number of nitrogens with zero attached hydrogens (tertiary/aromatic N) is 3. The molecule has 0 bridgehead atoms. The Hall–Kier alpha value is -2.55. The van der Waals surface area contributed by atoms with Crippen LogP contribution in [0.3, 0.4) is 0 Å². The van der Waals surface area contributed by atoms with E-state index in [0.29, 0.717) is 19.0 Å². The minimum absolute atomic E-state index is 0.296. The largest absolute Gasteiger partial charge is 0.416 e. The van der Waals surface area contributed by atoms with E-state index in [1.807, 2.05) is 22.2 Å². The lowest BCUT2D eigenvalue weighted by atomic mass is 9.64. The third kappa shape index (κ3) is 4.10. The molecule has 2 N–H and O–H groups in total. The lowest BCUT2D eigenvalue weighted by Gasteiger charge is -2.43. The molecule has 0 unspecified atom stereocenters.